The van der Waals surface area contributed by atoms with Crippen LogP contribution in [-0.4, -0.2) is 38.8 Å². The van der Waals surface area contributed by atoms with Crippen molar-refractivity contribution in [1.29, 1.82) is 0 Å². The van der Waals surface area contributed by atoms with Crippen LogP contribution in [0, 0.1) is 0 Å². The highest BCUT2D eigenvalue weighted by atomic mass is 16.6. The summed E-state index contributed by atoms with van der Waals surface area (Å²) < 4.78 is 15.1. The van der Waals surface area contributed by atoms with Crippen molar-refractivity contribution in [3.05, 3.63) is 59.7 Å². The number of hydrogen-bond donors (Lipinski definition) is 1. The number of amides is 1. The highest BCUT2D eigenvalue weighted by molar-refractivity contribution is 6.04. The van der Waals surface area contributed by atoms with E-state index in [9.17, 15) is 9.59 Å². The van der Waals surface area contributed by atoms with Gasteiger partial charge in [-0.1, -0.05) is 25.5 Å². The van der Waals surface area contributed by atoms with Crippen molar-refractivity contribution in [2.75, 3.05) is 32.2 Å². The Morgan fingerprint density at radius 3 is 2.32 bits per heavy atom. The van der Waals surface area contributed by atoms with Crippen molar-refractivity contribution in [3.63, 3.8) is 0 Å². The minimum absolute atomic E-state index is 0.192. The van der Waals surface area contributed by atoms with Crippen LogP contribution in [0.15, 0.2) is 48.5 Å². The van der Waals surface area contributed by atoms with E-state index in [0.717, 1.165) is 24.9 Å². The molecule has 0 aliphatic heterocycles. The number of rotatable bonds is 11. The summed E-state index contributed by atoms with van der Waals surface area (Å²) >= 11 is 0. The molecule has 0 saturated heterocycles. The number of esters is 1. The summed E-state index contributed by atoms with van der Waals surface area (Å²) in [6, 6.07) is 14.5. The van der Waals surface area contributed by atoms with Gasteiger partial charge in [0, 0.05) is 18.4 Å². The fourth-order valence-electron chi connectivity index (χ4n) is 2.46. The van der Waals surface area contributed by atoms with Crippen LogP contribution in [0.4, 0.5) is 5.69 Å². The van der Waals surface area contributed by atoms with Gasteiger partial charge in [-0.25, -0.2) is 4.79 Å². The topological polar surface area (TPSA) is 73.9 Å². The SMILES string of the molecule is CCCCc1ccc(NC(=O)c2ccc(OCC(=O)OCCOC)cc2)cc1. The van der Waals surface area contributed by atoms with Crippen molar-refractivity contribution in [3.8, 4) is 5.75 Å². The lowest BCUT2D eigenvalue weighted by atomic mass is 10.1. The van der Waals surface area contributed by atoms with Gasteiger partial charge in [0.15, 0.2) is 6.61 Å². The van der Waals surface area contributed by atoms with E-state index in [1.807, 2.05) is 24.3 Å². The van der Waals surface area contributed by atoms with Crippen LogP contribution in [0.3, 0.4) is 0 Å². The fourth-order valence-corrected chi connectivity index (χ4v) is 2.46. The van der Waals surface area contributed by atoms with E-state index in [1.165, 1.54) is 12.7 Å². The number of anilines is 1. The summed E-state index contributed by atoms with van der Waals surface area (Å²) in [5.74, 6) is -0.186. The molecule has 6 heteroatoms. The zero-order valence-corrected chi connectivity index (χ0v) is 16.4. The van der Waals surface area contributed by atoms with Crippen LogP contribution >= 0.6 is 0 Å². The third kappa shape index (κ3) is 7.40. The summed E-state index contributed by atoms with van der Waals surface area (Å²) in [5, 5.41) is 2.87. The molecule has 1 amide bonds. The van der Waals surface area contributed by atoms with Crippen molar-refractivity contribution in [2.24, 2.45) is 0 Å². The van der Waals surface area contributed by atoms with E-state index in [0.29, 0.717) is 17.9 Å². The second kappa shape index (κ2) is 11.8. The van der Waals surface area contributed by atoms with Crippen molar-refractivity contribution < 1.29 is 23.8 Å². The Balaban J connectivity index is 1.81. The first kappa shape index (κ1) is 21.4. The maximum atomic E-state index is 12.4. The number of unbranched alkanes of at least 4 members (excludes halogenated alkanes) is 1. The number of carbonyl (C=O) groups is 2. The van der Waals surface area contributed by atoms with E-state index in [4.69, 9.17) is 14.2 Å². The molecule has 2 aromatic rings. The number of nitrogens with one attached hydrogen (secondary N) is 1. The first-order valence-corrected chi connectivity index (χ1v) is 9.40. The van der Waals surface area contributed by atoms with Gasteiger partial charge < -0.3 is 19.5 Å². The average molecular weight is 385 g/mol. The number of carbonyl (C=O) groups excluding carboxylic acids is 2. The molecular formula is C22H27NO5. The molecule has 0 spiro atoms. The van der Waals surface area contributed by atoms with Gasteiger partial charge in [-0.05, 0) is 54.8 Å². The lowest BCUT2D eigenvalue weighted by Gasteiger charge is -2.09. The standard InChI is InChI=1S/C22H27NO5/c1-3-4-5-17-6-10-19(11-7-17)23-22(25)18-8-12-20(13-9-18)28-16-21(24)27-15-14-26-2/h6-13H,3-5,14-16H2,1-2H3,(H,23,25). The molecule has 0 aliphatic rings. The van der Waals surface area contributed by atoms with Crippen molar-refractivity contribution in [2.45, 2.75) is 26.2 Å². The summed E-state index contributed by atoms with van der Waals surface area (Å²) in [6.07, 6.45) is 3.37. The molecule has 1 N–H and O–H groups in total. The van der Waals surface area contributed by atoms with E-state index in [1.54, 1.807) is 24.3 Å². The molecule has 150 valence electrons. The maximum absolute atomic E-state index is 12.4. The van der Waals surface area contributed by atoms with Gasteiger partial charge in [-0.15, -0.1) is 0 Å². The Morgan fingerprint density at radius 2 is 1.68 bits per heavy atom. The van der Waals surface area contributed by atoms with E-state index in [2.05, 4.69) is 12.2 Å². The predicted molar refractivity (Wildman–Crippen MR) is 108 cm³/mol. The Morgan fingerprint density at radius 1 is 0.964 bits per heavy atom. The molecule has 0 heterocycles. The zero-order chi connectivity index (χ0) is 20.2. The van der Waals surface area contributed by atoms with E-state index < -0.39 is 5.97 Å². The van der Waals surface area contributed by atoms with Gasteiger partial charge in [0.05, 0.1) is 6.61 Å². The Labute approximate surface area is 165 Å². The van der Waals surface area contributed by atoms with Gasteiger partial charge in [0.1, 0.15) is 12.4 Å². The van der Waals surface area contributed by atoms with E-state index in [-0.39, 0.29) is 19.1 Å². The Bertz CT molecular complexity index is 741. The molecule has 0 aromatic heterocycles. The summed E-state index contributed by atoms with van der Waals surface area (Å²) in [4.78, 5) is 23.8. The van der Waals surface area contributed by atoms with Crippen LogP contribution in [0.2, 0.25) is 0 Å². The highest BCUT2D eigenvalue weighted by Gasteiger charge is 2.08. The second-order valence-electron chi connectivity index (χ2n) is 6.28. The van der Waals surface area contributed by atoms with Gasteiger partial charge in [0.2, 0.25) is 0 Å². The molecule has 2 aromatic carbocycles. The molecule has 28 heavy (non-hydrogen) atoms. The fraction of sp³-hybridized carbons (Fsp3) is 0.364. The number of benzene rings is 2. The molecule has 2 rings (SSSR count). The molecule has 0 saturated carbocycles. The normalized spacial score (nSPS) is 10.4. The van der Waals surface area contributed by atoms with Crippen molar-refractivity contribution >= 4 is 17.6 Å². The smallest absolute Gasteiger partial charge is 0.344 e. The number of ether oxygens (including phenoxy) is 3. The van der Waals surface area contributed by atoms with Gasteiger partial charge in [-0.3, -0.25) is 4.79 Å². The molecule has 0 atom stereocenters. The lowest BCUT2D eigenvalue weighted by molar-refractivity contribution is -0.147. The Hall–Kier alpha value is -2.86. The molecule has 0 aliphatic carbocycles. The third-order valence-electron chi connectivity index (χ3n) is 4.05. The van der Waals surface area contributed by atoms with Crippen LogP contribution in [-0.2, 0) is 20.7 Å². The molecular weight excluding hydrogens is 358 g/mol. The van der Waals surface area contributed by atoms with Gasteiger partial charge >= 0.3 is 5.97 Å². The lowest BCUT2D eigenvalue weighted by Crippen LogP contribution is -2.17. The number of aryl methyl sites for hydroxylation is 1. The quantitative estimate of drug-likeness (QED) is 0.470. The largest absolute Gasteiger partial charge is 0.482 e. The third-order valence-corrected chi connectivity index (χ3v) is 4.05. The second-order valence-corrected chi connectivity index (χ2v) is 6.28. The number of methoxy groups -OCH3 is 1. The van der Waals surface area contributed by atoms with Gasteiger partial charge in [0.25, 0.3) is 5.91 Å². The van der Waals surface area contributed by atoms with E-state index >= 15 is 0 Å². The summed E-state index contributed by atoms with van der Waals surface area (Å²) in [7, 11) is 1.53. The molecule has 0 fully saturated rings. The van der Waals surface area contributed by atoms with Crippen LogP contribution < -0.4 is 10.1 Å². The first-order valence-electron chi connectivity index (χ1n) is 9.40. The summed E-state index contributed by atoms with van der Waals surface area (Å²) in [5.41, 5.74) is 2.52. The zero-order valence-electron chi connectivity index (χ0n) is 16.4. The molecule has 6 nitrogen and oxygen atoms in total. The van der Waals surface area contributed by atoms with Crippen LogP contribution in [0.5, 0.6) is 5.75 Å². The minimum atomic E-state index is -0.471. The summed E-state index contributed by atoms with van der Waals surface area (Å²) in [6.45, 7) is 2.51. The minimum Gasteiger partial charge on any atom is -0.482 e. The number of hydrogen-bond acceptors (Lipinski definition) is 5. The highest BCUT2D eigenvalue weighted by Crippen LogP contribution is 2.16. The van der Waals surface area contributed by atoms with Crippen LogP contribution in [0.25, 0.3) is 0 Å². The monoisotopic (exact) mass is 385 g/mol. The predicted octanol–water partition coefficient (Wildman–Crippen LogP) is 3.85. The maximum Gasteiger partial charge on any atom is 0.344 e. The van der Waals surface area contributed by atoms with Crippen LogP contribution in [0.1, 0.15) is 35.7 Å². The molecule has 0 bridgehead atoms. The average Bonchev–Trinajstić information content (AvgIpc) is 2.72. The molecule has 0 radical (unpaired) electrons. The first-order chi connectivity index (χ1) is 13.6. The molecule has 0 unspecified atom stereocenters. The van der Waals surface area contributed by atoms with Crippen molar-refractivity contribution in [1.82, 2.24) is 0 Å². The van der Waals surface area contributed by atoms with Gasteiger partial charge in [-0.2, -0.15) is 0 Å². The Kier molecular flexibility index (Phi) is 9.01.